The van der Waals surface area contributed by atoms with E-state index >= 15 is 0 Å². The summed E-state index contributed by atoms with van der Waals surface area (Å²) in [7, 11) is 1.03. The second-order valence-electron chi connectivity index (χ2n) is 7.61. The summed E-state index contributed by atoms with van der Waals surface area (Å²) < 4.78 is 85.6. The Morgan fingerprint density at radius 1 is 1.15 bits per heavy atom. The van der Waals surface area contributed by atoms with E-state index in [0.717, 1.165) is 44.4 Å². The van der Waals surface area contributed by atoms with Crippen LogP contribution in [0.4, 0.5) is 32.0 Å². The lowest BCUT2D eigenvalue weighted by molar-refractivity contribution is -0.155. The number of hydrogen-bond donors (Lipinski definition) is 2. The molecule has 178 valence electrons. The Balaban J connectivity index is 2.02. The van der Waals surface area contributed by atoms with Crippen LogP contribution in [0.2, 0.25) is 0 Å². The number of carbonyl (C=O) groups is 2. The maximum atomic E-state index is 14.3. The zero-order chi connectivity index (χ0) is 24.7. The number of ether oxygens (including phenoxy) is 1. The number of thioether (sulfide) groups is 1. The molecule has 33 heavy (non-hydrogen) atoms. The summed E-state index contributed by atoms with van der Waals surface area (Å²) in [4.78, 5) is 24.4. The fourth-order valence-electron chi connectivity index (χ4n) is 3.68. The van der Waals surface area contributed by atoms with Crippen molar-refractivity contribution in [1.82, 2.24) is 0 Å². The first-order valence-electron chi connectivity index (χ1n) is 9.45. The molecule has 0 spiro atoms. The van der Waals surface area contributed by atoms with E-state index in [9.17, 15) is 35.9 Å². The van der Waals surface area contributed by atoms with Crippen LogP contribution in [0.3, 0.4) is 0 Å². The van der Waals surface area contributed by atoms with Crippen LogP contribution in [0, 0.1) is 17.5 Å². The summed E-state index contributed by atoms with van der Waals surface area (Å²) >= 11 is 0.319. The van der Waals surface area contributed by atoms with Crippen molar-refractivity contribution < 1.29 is 40.7 Å². The third-order valence-electron chi connectivity index (χ3n) is 5.40. The fraction of sp³-hybridized carbons (Fsp3) is 0.333. The maximum Gasteiger partial charge on any atom is 0.403 e. The Morgan fingerprint density at radius 3 is 2.36 bits per heavy atom. The first-order chi connectivity index (χ1) is 15.3. The summed E-state index contributed by atoms with van der Waals surface area (Å²) in [6.45, 7) is 0.910. The average molecular weight is 492 g/mol. The van der Waals surface area contributed by atoms with Gasteiger partial charge in [-0.25, -0.2) is 8.78 Å². The lowest BCUT2D eigenvalue weighted by atomic mass is 9.85. The number of hydrogen-bond acceptors (Lipinski definition) is 4. The van der Waals surface area contributed by atoms with Gasteiger partial charge in [-0.3, -0.25) is 9.59 Å². The number of primary amides is 1. The molecule has 3 rings (SSSR count). The van der Waals surface area contributed by atoms with Crippen LogP contribution in [-0.2, 0) is 4.79 Å². The molecule has 2 amide bonds. The lowest BCUT2D eigenvalue weighted by Gasteiger charge is -2.26. The van der Waals surface area contributed by atoms with Crippen molar-refractivity contribution in [3.63, 3.8) is 0 Å². The monoisotopic (exact) mass is 492 g/mol. The normalized spacial score (nSPS) is 22.8. The Bertz CT molecular complexity index is 1110. The SMILES string of the molecule is COc1c(C2CC(C)(C(F)(F)F)SC2C(=O)Nc2ccc(F)c(C(N)=O)c2)ccc(F)c1F. The standard InChI is InChI=1S/C21H18F6N2O3S/c1-20(21(25,26)27)8-12(10-4-6-14(23)15(24)16(10)32-2)17(33-20)19(31)29-9-3-5-13(22)11(7-9)18(28)30/h3-7,12,17H,8H2,1-2H3,(H2,28,30)(H,29,31). The molecule has 0 aliphatic carbocycles. The number of methoxy groups -OCH3 is 1. The molecule has 0 saturated carbocycles. The van der Waals surface area contributed by atoms with Crippen molar-refractivity contribution in [1.29, 1.82) is 0 Å². The van der Waals surface area contributed by atoms with Gasteiger partial charge in [0.2, 0.25) is 11.7 Å². The van der Waals surface area contributed by atoms with E-state index in [1.54, 1.807) is 0 Å². The first kappa shape index (κ1) is 24.7. The highest BCUT2D eigenvalue weighted by Crippen LogP contribution is 2.59. The highest BCUT2D eigenvalue weighted by molar-refractivity contribution is 8.02. The van der Waals surface area contributed by atoms with Crippen molar-refractivity contribution in [3.8, 4) is 5.75 Å². The number of nitrogens with two attached hydrogens (primary N) is 1. The molecule has 1 aliphatic heterocycles. The van der Waals surface area contributed by atoms with Crippen molar-refractivity contribution in [2.45, 2.75) is 35.4 Å². The fourth-order valence-corrected chi connectivity index (χ4v) is 5.22. The molecule has 2 aromatic carbocycles. The van der Waals surface area contributed by atoms with Crippen LogP contribution < -0.4 is 15.8 Å². The summed E-state index contributed by atoms with van der Waals surface area (Å²) in [5.74, 6) is -7.40. The van der Waals surface area contributed by atoms with E-state index in [-0.39, 0.29) is 11.3 Å². The molecular formula is C21H18F6N2O3S. The lowest BCUT2D eigenvalue weighted by Crippen LogP contribution is -2.37. The molecule has 0 radical (unpaired) electrons. The summed E-state index contributed by atoms with van der Waals surface area (Å²) in [6, 6.07) is 4.75. The number of rotatable bonds is 5. The van der Waals surface area contributed by atoms with Crippen molar-refractivity contribution >= 4 is 29.3 Å². The summed E-state index contributed by atoms with van der Waals surface area (Å²) in [6.07, 6.45) is -5.33. The molecule has 3 unspecified atom stereocenters. The molecule has 1 saturated heterocycles. The molecule has 1 fully saturated rings. The molecule has 0 bridgehead atoms. The minimum atomic E-state index is -4.72. The number of benzene rings is 2. The van der Waals surface area contributed by atoms with Gasteiger partial charge in [-0.2, -0.15) is 17.6 Å². The predicted octanol–water partition coefficient (Wildman–Crippen LogP) is 4.76. The van der Waals surface area contributed by atoms with Crippen LogP contribution in [0.25, 0.3) is 0 Å². The largest absolute Gasteiger partial charge is 0.493 e. The predicted molar refractivity (Wildman–Crippen MR) is 110 cm³/mol. The Kier molecular flexibility index (Phi) is 6.60. The van der Waals surface area contributed by atoms with Gasteiger partial charge in [-0.15, -0.1) is 11.8 Å². The molecule has 5 nitrogen and oxygen atoms in total. The number of alkyl halides is 3. The van der Waals surface area contributed by atoms with Crippen LogP contribution in [0.15, 0.2) is 30.3 Å². The zero-order valence-electron chi connectivity index (χ0n) is 17.2. The molecule has 1 aliphatic rings. The number of amides is 2. The minimum absolute atomic E-state index is 0.0765. The average Bonchev–Trinajstić information content (AvgIpc) is 3.10. The second kappa shape index (κ2) is 8.81. The number of anilines is 1. The van der Waals surface area contributed by atoms with Crippen LogP contribution in [-0.4, -0.2) is 35.1 Å². The van der Waals surface area contributed by atoms with E-state index < -0.39 is 69.1 Å². The van der Waals surface area contributed by atoms with E-state index in [4.69, 9.17) is 10.5 Å². The van der Waals surface area contributed by atoms with Gasteiger partial charge in [0.1, 0.15) is 10.6 Å². The zero-order valence-corrected chi connectivity index (χ0v) is 18.0. The van der Waals surface area contributed by atoms with Crippen molar-refractivity contribution in [2.24, 2.45) is 5.73 Å². The third-order valence-corrected chi connectivity index (χ3v) is 7.12. The molecule has 3 N–H and O–H groups in total. The van der Waals surface area contributed by atoms with E-state index in [1.165, 1.54) is 0 Å². The Morgan fingerprint density at radius 2 is 1.79 bits per heavy atom. The van der Waals surface area contributed by atoms with Gasteiger partial charge < -0.3 is 15.8 Å². The molecule has 12 heteroatoms. The summed E-state index contributed by atoms with van der Waals surface area (Å²) in [5.41, 5.74) is 4.37. The van der Waals surface area contributed by atoms with Gasteiger partial charge in [0.05, 0.1) is 17.9 Å². The van der Waals surface area contributed by atoms with Crippen molar-refractivity contribution in [2.75, 3.05) is 12.4 Å². The van der Waals surface area contributed by atoms with Gasteiger partial charge in [0, 0.05) is 17.2 Å². The quantitative estimate of drug-likeness (QED) is 0.590. The van der Waals surface area contributed by atoms with Crippen LogP contribution >= 0.6 is 11.8 Å². The molecule has 1 heterocycles. The molecule has 2 aromatic rings. The molecular weight excluding hydrogens is 474 g/mol. The third kappa shape index (κ3) is 4.61. The van der Waals surface area contributed by atoms with E-state index in [0.29, 0.717) is 11.8 Å². The second-order valence-corrected chi connectivity index (χ2v) is 9.25. The Hall–Kier alpha value is -2.89. The topological polar surface area (TPSA) is 81.4 Å². The van der Waals surface area contributed by atoms with Crippen molar-refractivity contribution in [3.05, 3.63) is 58.9 Å². The van der Waals surface area contributed by atoms with E-state index in [2.05, 4.69) is 5.32 Å². The van der Waals surface area contributed by atoms with Gasteiger partial charge in [-0.1, -0.05) is 6.07 Å². The maximum absolute atomic E-state index is 14.3. The van der Waals surface area contributed by atoms with Gasteiger partial charge in [0.25, 0.3) is 5.91 Å². The number of nitrogens with one attached hydrogen (secondary N) is 1. The Labute approximate surface area is 188 Å². The van der Waals surface area contributed by atoms with E-state index in [1.807, 2.05) is 0 Å². The first-order valence-corrected chi connectivity index (χ1v) is 10.3. The highest BCUT2D eigenvalue weighted by atomic mass is 32.2. The smallest absolute Gasteiger partial charge is 0.403 e. The molecule has 3 atom stereocenters. The van der Waals surface area contributed by atoms with Gasteiger partial charge in [0.15, 0.2) is 11.6 Å². The highest BCUT2D eigenvalue weighted by Gasteiger charge is 2.60. The van der Waals surface area contributed by atoms with Gasteiger partial charge >= 0.3 is 6.18 Å². The van der Waals surface area contributed by atoms with Crippen LogP contribution in [0.5, 0.6) is 5.75 Å². The molecule has 0 aromatic heterocycles. The minimum Gasteiger partial charge on any atom is -0.493 e. The number of halogens is 6. The summed E-state index contributed by atoms with van der Waals surface area (Å²) in [5, 5.41) is 0.943. The number of carbonyl (C=O) groups excluding carboxylic acids is 2. The van der Waals surface area contributed by atoms with Crippen LogP contribution in [0.1, 0.15) is 35.2 Å². The van der Waals surface area contributed by atoms with Gasteiger partial charge in [-0.05, 0) is 37.6 Å².